The van der Waals surface area contributed by atoms with E-state index in [2.05, 4.69) is 41.9 Å². The van der Waals surface area contributed by atoms with E-state index in [1.165, 1.54) is 0 Å². The van der Waals surface area contributed by atoms with Crippen molar-refractivity contribution in [2.24, 2.45) is 11.1 Å². The summed E-state index contributed by atoms with van der Waals surface area (Å²) in [4.78, 5) is 19.7. The number of aliphatic hydroxyl groups excluding tert-OH is 1. The summed E-state index contributed by atoms with van der Waals surface area (Å²) in [6.07, 6.45) is 5.17. The lowest BCUT2D eigenvalue weighted by atomic mass is 9.73. The molecule has 5 heterocycles. The molecule has 31 heavy (non-hydrogen) atoms. The van der Waals surface area contributed by atoms with Crippen LogP contribution in [0, 0.1) is 17.3 Å². The van der Waals surface area contributed by atoms with Crippen molar-refractivity contribution >= 4 is 17.0 Å². The number of ether oxygens (including phenoxy) is 1. The maximum Gasteiger partial charge on any atom is 0.205 e. The van der Waals surface area contributed by atoms with Gasteiger partial charge in [-0.2, -0.15) is 5.10 Å². The number of H-pyrrole nitrogens is 1. The summed E-state index contributed by atoms with van der Waals surface area (Å²) in [7, 11) is 0. The Morgan fingerprint density at radius 3 is 2.71 bits per heavy atom. The van der Waals surface area contributed by atoms with Crippen LogP contribution in [-0.4, -0.2) is 67.1 Å². The molecule has 160 valence electrons. The van der Waals surface area contributed by atoms with Crippen LogP contribution >= 0.6 is 0 Å². The van der Waals surface area contributed by atoms with Crippen LogP contribution < -0.4 is 10.6 Å². The van der Waals surface area contributed by atoms with Gasteiger partial charge in [0.05, 0.1) is 19.3 Å². The average Bonchev–Trinajstić information content (AvgIpc) is 3.34. The molecule has 0 saturated carbocycles. The Hall–Kier alpha value is -3.13. The largest absolute Gasteiger partial charge is 0.390 e. The molecule has 10 heteroatoms. The average molecular weight is 420 g/mol. The van der Waals surface area contributed by atoms with Crippen LogP contribution in [0.25, 0.3) is 11.2 Å². The molecule has 2 aliphatic heterocycles. The van der Waals surface area contributed by atoms with Crippen molar-refractivity contribution in [2.45, 2.75) is 38.5 Å². The van der Waals surface area contributed by atoms with Gasteiger partial charge in [0.25, 0.3) is 0 Å². The fourth-order valence-corrected chi connectivity index (χ4v) is 4.43. The van der Waals surface area contributed by atoms with E-state index in [0.717, 1.165) is 25.9 Å². The van der Waals surface area contributed by atoms with Gasteiger partial charge in [-0.25, -0.2) is 19.9 Å². The van der Waals surface area contributed by atoms with E-state index in [0.29, 0.717) is 40.8 Å². The standard InChI is InChI=1S/C21H24N8O2/c1-13-18(22)21(12-31-13)5-9-29(10-6-21)20-15(11-30)25-17-14(27-28-19(17)26-20)3-4-16-23-7-2-8-24-16/h2,7-8,13,18,30H,5-6,9-12,22H2,1H3,(H,26,27,28)/t13-,18+/m0/s1. The number of aliphatic hydroxyl groups is 1. The maximum absolute atomic E-state index is 9.97. The summed E-state index contributed by atoms with van der Waals surface area (Å²) < 4.78 is 5.81. The van der Waals surface area contributed by atoms with Crippen LogP contribution in [0.4, 0.5) is 5.82 Å². The molecule has 2 fully saturated rings. The van der Waals surface area contributed by atoms with Crippen LogP contribution in [0.5, 0.6) is 0 Å². The molecule has 2 atom stereocenters. The van der Waals surface area contributed by atoms with E-state index in [9.17, 15) is 5.11 Å². The fourth-order valence-electron chi connectivity index (χ4n) is 4.43. The third-order valence-electron chi connectivity index (χ3n) is 6.36. The molecule has 0 aliphatic carbocycles. The van der Waals surface area contributed by atoms with E-state index >= 15 is 0 Å². The van der Waals surface area contributed by atoms with Crippen LogP contribution in [0.2, 0.25) is 0 Å². The molecule has 0 unspecified atom stereocenters. The Kier molecular flexibility index (Phi) is 5.02. The van der Waals surface area contributed by atoms with Gasteiger partial charge in [0.1, 0.15) is 11.2 Å². The highest BCUT2D eigenvalue weighted by atomic mass is 16.5. The molecule has 10 nitrogen and oxygen atoms in total. The minimum absolute atomic E-state index is 0.0169. The highest BCUT2D eigenvalue weighted by Gasteiger charge is 2.47. The molecular formula is C21H24N8O2. The van der Waals surface area contributed by atoms with Gasteiger partial charge in [-0.3, -0.25) is 5.10 Å². The quantitative estimate of drug-likeness (QED) is 0.502. The zero-order valence-electron chi connectivity index (χ0n) is 17.2. The van der Waals surface area contributed by atoms with Gasteiger partial charge in [0.15, 0.2) is 17.2 Å². The molecule has 2 aliphatic rings. The number of nitrogens with two attached hydrogens (primary N) is 1. The molecule has 3 aromatic rings. The third-order valence-corrected chi connectivity index (χ3v) is 6.36. The minimum atomic E-state index is -0.223. The Morgan fingerprint density at radius 2 is 2.03 bits per heavy atom. The molecule has 0 amide bonds. The normalized spacial score (nSPS) is 22.6. The number of nitrogens with zero attached hydrogens (tertiary/aromatic N) is 6. The lowest BCUT2D eigenvalue weighted by molar-refractivity contribution is 0.0973. The molecule has 0 bridgehead atoms. The van der Waals surface area contributed by atoms with E-state index in [1.807, 2.05) is 6.92 Å². The van der Waals surface area contributed by atoms with Crippen molar-refractivity contribution in [3.05, 3.63) is 35.7 Å². The van der Waals surface area contributed by atoms with E-state index in [4.69, 9.17) is 15.5 Å². The van der Waals surface area contributed by atoms with Gasteiger partial charge in [0.2, 0.25) is 5.82 Å². The number of nitrogens with one attached hydrogen (secondary N) is 1. The van der Waals surface area contributed by atoms with Gasteiger partial charge in [0, 0.05) is 36.9 Å². The van der Waals surface area contributed by atoms with Crippen LogP contribution in [-0.2, 0) is 11.3 Å². The number of hydrogen-bond donors (Lipinski definition) is 3. The molecule has 5 rings (SSSR count). The fraction of sp³-hybridized carbons (Fsp3) is 0.476. The first-order chi connectivity index (χ1) is 15.1. The van der Waals surface area contributed by atoms with Gasteiger partial charge in [-0.05, 0) is 37.7 Å². The predicted octanol–water partition coefficient (Wildman–Crippen LogP) is 0.368. The molecule has 4 N–H and O–H groups in total. The smallest absolute Gasteiger partial charge is 0.205 e. The van der Waals surface area contributed by atoms with Gasteiger partial charge in [-0.15, -0.1) is 0 Å². The highest BCUT2D eigenvalue weighted by molar-refractivity contribution is 5.78. The Balaban J connectivity index is 1.41. The first kappa shape index (κ1) is 19.8. The van der Waals surface area contributed by atoms with Crippen LogP contribution in [0.3, 0.4) is 0 Å². The van der Waals surface area contributed by atoms with Crippen molar-refractivity contribution < 1.29 is 9.84 Å². The molecule has 0 radical (unpaired) electrons. The first-order valence-corrected chi connectivity index (χ1v) is 10.4. The second kappa shape index (κ2) is 7.85. The number of hydrogen-bond acceptors (Lipinski definition) is 9. The zero-order valence-corrected chi connectivity index (χ0v) is 17.2. The minimum Gasteiger partial charge on any atom is -0.390 e. The van der Waals surface area contributed by atoms with Crippen molar-refractivity contribution in [3.8, 4) is 11.8 Å². The number of fused-ring (bicyclic) bond motifs is 1. The monoisotopic (exact) mass is 420 g/mol. The number of aromatic amines is 1. The van der Waals surface area contributed by atoms with E-state index in [1.54, 1.807) is 18.5 Å². The summed E-state index contributed by atoms with van der Waals surface area (Å²) in [5.74, 6) is 6.87. The SMILES string of the molecule is C[C@@H]1OCC2(CCN(c3nc4[nH]nc(C#Cc5ncccn5)c4nc3CO)CC2)[C@@H]1N. The predicted molar refractivity (Wildman–Crippen MR) is 113 cm³/mol. The Morgan fingerprint density at radius 1 is 1.26 bits per heavy atom. The van der Waals surface area contributed by atoms with Gasteiger partial charge < -0.3 is 20.5 Å². The summed E-state index contributed by atoms with van der Waals surface area (Å²) >= 11 is 0. The third kappa shape index (κ3) is 3.50. The molecular weight excluding hydrogens is 396 g/mol. The lowest BCUT2D eigenvalue weighted by Crippen LogP contribution is -2.51. The maximum atomic E-state index is 9.97. The number of aromatic nitrogens is 6. The van der Waals surface area contributed by atoms with Crippen molar-refractivity contribution in [1.82, 2.24) is 30.1 Å². The molecule has 3 aromatic heterocycles. The molecule has 2 saturated heterocycles. The second-order valence-electron chi connectivity index (χ2n) is 8.14. The van der Waals surface area contributed by atoms with Crippen molar-refractivity contribution in [1.29, 1.82) is 0 Å². The summed E-state index contributed by atoms with van der Waals surface area (Å²) in [5, 5.41) is 17.1. The van der Waals surface area contributed by atoms with Crippen molar-refractivity contribution in [2.75, 3.05) is 24.6 Å². The summed E-state index contributed by atoms with van der Waals surface area (Å²) in [6, 6.07) is 1.77. The van der Waals surface area contributed by atoms with Crippen LogP contribution in [0.1, 0.15) is 37.0 Å². The summed E-state index contributed by atoms with van der Waals surface area (Å²) in [5.41, 5.74) is 8.44. The number of rotatable bonds is 2. The molecule has 1 spiro atoms. The zero-order chi connectivity index (χ0) is 21.4. The summed E-state index contributed by atoms with van der Waals surface area (Å²) in [6.45, 7) is 4.08. The highest BCUT2D eigenvalue weighted by Crippen LogP contribution is 2.42. The first-order valence-electron chi connectivity index (χ1n) is 10.4. The molecule has 0 aromatic carbocycles. The topological polar surface area (TPSA) is 139 Å². The lowest BCUT2D eigenvalue weighted by Gasteiger charge is -2.41. The van der Waals surface area contributed by atoms with E-state index < -0.39 is 0 Å². The number of anilines is 1. The Bertz CT molecular complexity index is 1140. The second-order valence-corrected chi connectivity index (χ2v) is 8.14. The number of piperidine rings is 1. The van der Waals surface area contributed by atoms with E-state index in [-0.39, 0.29) is 24.2 Å². The van der Waals surface area contributed by atoms with Gasteiger partial charge in [-0.1, -0.05) is 0 Å². The van der Waals surface area contributed by atoms with Gasteiger partial charge >= 0.3 is 0 Å². The van der Waals surface area contributed by atoms with Crippen molar-refractivity contribution in [3.63, 3.8) is 0 Å². The van der Waals surface area contributed by atoms with Crippen LogP contribution in [0.15, 0.2) is 18.5 Å². The Labute approximate surface area is 179 Å².